The van der Waals surface area contributed by atoms with Crippen LogP contribution in [0, 0.1) is 5.92 Å². The van der Waals surface area contributed by atoms with Crippen LogP contribution in [-0.4, -0.2) is 43.3 Å². The summed E-state index contributed by atoms with van der Waals surface area (Å²) < 4.78 is 0. The van der Waals surface area contributed by atoms with Gasteiger partial charge in [0.1, 0.15) is 5.69 Å². The Morgan fingerprint density at radius 3 is 2.74 bits per heavy atom. The number of fused-ring (bicyclic) bond motifs is 2. The van der Waals surface area contributed by atoms with Gasteiger partial charge >= 0.3 is 0 Å². The lowest BCUT2D eigenvalue weighted by molar-refractivity contribution is -0.117. The zero-order chi connectivity index (χ0) is 24.2. The smallest absolute Gasteiger partial charge is 0.251 e. The van der Waals surface area contributed by atoms with Gasteiger partial charge in [-0.2, -0.15) is 0 Å². The Labute approximate surface area is 201 Å². The molecule has 0 fully saturated rings. The number of amides is 2. The van der Waals surface area contributed by atoms with Crippen LogP contribution >= 0.6 is 0 Å². The molecule has 0 aliphatic rings. The minimum Gasteiger partial charge on any atom is -0.352 e. The number of carbonyl (C=O) groups is 2. The largest absolute Gasteiger partial charge is 0.352 e. The third-order valence-electron chi connectivity index (χ3n) is 5.83. The second-order valence-electron chi connectivity index (χ2n) is 8.57. The number of aromatic nitrogens is 5. The Kier molecular flexibility index (Phi) is 6.21. The minimum absolute atomic E-state index is 0.109. The maximum absolute atomic E-state index is 12.7. The number of nitrogens with one attached hydrogen (secondary N) is 4. The molecule has 0 saturated heterocycles. The minimum atomic E-state index is -0.167. The van der Waals surface area contributed by atoms with Gasteiger partial charge in [-0.15, -0.1) is 0 Å². The van der Waals surface area contributed by atoms with E-state index in [1.165, 1.54) is 0 Å². The van der Waals surface area contributed by atoms with Crippen molar-refractivity contribution in [2.75, 3.05) is 11.9 Å². The molecule has 0 aliphatic heterocycles. The van der Waals surface area contributed by atoms with Crippen LogP contribution in [0.1, 0.15) is 30.1 Å². The Morgan fingerprint density at radius 2 is 1.91 bits per heavy atom. The van der Waals surface area contributed by atoms with Crippen LogP contribution in [-0.2, 0) is 4.79 Å². The first-order valence-electron chi connectivity index (χ1n) is 11.5. The molecule has 4 N–H and O–H groups in total. The van der Waals surface area contributed by atoms with Crippen molar-refractivity contribution >= 4 is 39.6 Å². The van der Waals surface area contributed by atoms with Crippen LogP contribution in [0.4, 0.5) is 5.95 Å². The summed E-state index contributed by atoms with van der Waals surface area (Å²) in [6.07, 6.45) is 6.09. The molecule has 0 aliphatic carbocycles. The highest BCUT2D eigenvalue weighted by molar-refractivity contribution is 5.97. The molecule has 3 heterocycles. The van der Waals surface area contributed by atoms with Crippen LogP contribution in [0.15, 0.2) is 67.1 Å². The third kappa shape index (κ3) is 5.19. The fourth-order valence-electron chi connectivity index (χ4n) is 3.95. The molecule has 1 unspecified atom stereocenters. The monoisotopic (exact) mass is 467 g/mol. The predicted octanol–water partition coefficient (Wildman–Crippen LogP) is 4.29. The Bertz CT molecular complexity index is 1490. The Balaban J connectivity index is 1.18. The first-order chi connectivity index (χ1) is 17.0. The van der Waals surface area contributed by atoms with E-state index in [9.17, 15) is 9.59 Å². The van der Waals surface area contributed by atoms with E-state index in [1.807, 2.05) is 49.5 Å². The number of benzene rings is 2. The second kappa shape index (κ2) is 9.76. The number of nitrogens with zero attached hydrogens (tertiary/aromatic N) is 3. The highest BCUT2D eigenvalue weighted by atomic mass is 16.2. The van der Waals surface area contributed by atoms with Gasteiger partial charge in [0.25, 0.3) is 5.91 Å². The van der Waals surface area contributed by atoms with E-state index in [0.29, 0.717) is 36.7 Å². The van der Waals surface area contributed by atoms with Gasteiger partial charge < -0.3 is 15.3 Å². The molecule has 9 nitrogen and oxygen atoms in total. The van der Waals surface area contributed by atoms with Gasteiger partial charge in [-0.25, -0.2) is 9.97 Å². The molecular formula is C26H25N7O2. The van der Waals surface area contributed by atoms with E-state index < -0.39 is 0 Å². The second-order valence-corrected chi connectivity index (χ2v) is 8.57. The number of pyridine rings is 1. The molecule has 0 saturated carbocycles. The zero-order valence-electron chi connectivity index (χ0n) is 19.2. The molecule has 2 amide bonds. The molecule has 0 bridgehead atoms. The topological polar surface area (TPSA) is 128 Å². The summed E-state index contributed by atoms with van der Waals surface area (Å²) in [5.41, 5.74) is 2.83. The number of imidazole rings is 2. The van der Waals surface area contributed by atoms with Crippen molar-refractivity contribution in [3.8, 4) is 11.5 Å². The first kappa shape index (κ1) is 22.3. The molecule has 35 heavy (non-hydrogen) atoms. The molecule has 1 atom stereocenters. The van der Waals surface area contributed by atoms with Crippen LogP contribution < -0.4 is 10.6 Å². The number of anilines is 1. The van der Waals surface area contributed by atoms with Gasteiger partial charge in [0.05, 0.1) is 11.0 Å². The maximum Gasteiger partial charge on any atom is 0.251 e. The van der Waals surface area contributed by atoms with Gasteiger partial charge in [-0.3, -0.25) is 19.9 Å². The van der Waals surface area contributed by atoms with Crippen molar-refractivity contribution in [1.29, 1.82) is 0 Å². The fraction of sp³-hybridized carbons (Fsp3) is 0.192. The van der Waals surface area contributed by atoms with Crippen molar-refractivity contribution in [2.24, 2.45) is 5.92 Å². The van der Waals surface area contributed by atoms with Crippen LogP contribution in [0.2, 0.25) is 0 Å². The average Bonchev–Trinajstić information content (AvgIpc) is 3.52. The summed E-state index contributed by atoms with van der Waals surface area (Å²) in [5, 5.41) is 7.80. The van der Waals surface area contributed by atoms with Gasteiger partial charge in [0.2, 0.25) is 11.9 Å². The fourth-order valence-corrected chi connectivity index (χ4v) is 3.95. The number of carbonyl (C=O) groups excluding carboxylic acids is 2. The van der Waals surface area contributed by atoms with Crippen LogP contribution in [0.25, 0.3) is 33.3 Å². The molecule has 3 aromatic heterocycles. The van der Waals surface area contributed by atoms with E-state index in [0.717, 1.165) is 27.5 Å². The average molecular weight is 468 g/mol. The highest BCUT2D eigenvalue weighted by Crippen LogP contribution is 2.23. The lowest BCUT2D eigenvalue weighted by Gasteiger charge is -2.11. The number of rotatable bonds is 8. The first-order valence-corrected chi connectivity index (χ1v) is 11.5. The molecule has 176 valence electrons. The molecule has 5 aromatic rings. The van der Waals surface area contributed by atoms with E-state index in [2.05, 4.69) is 35.6 Å². The van der Waals surface area contributed by atoms with Crippen molar-refractivity contribution < 1.29 is 9.59 Å². The molecule has 5 rings (SSSR count). The summed E-state index contributed by atoms with van der Waals surface area (Å²) in [6, 6.07) is 15.4. The zero-order valence-corrected chi connectivity index (χ0v) is 19.2. The Hall–Kier alpha value is -4.53. The predicted molar refractivity (Wildman–Crippen MR) is 135 cm³/mol. The summed E-state index contributed by atoms with van der Waals surface area (Å²) in [4.78, 5) is 44.0. The van der Waals surface area contributed by atoms with E-state index in [4.69, 9.17) is 0 Å². The molecule has 0 radical (unpaired) electrons. The summed E-state index contributed by atoms with van der Waals surface area (Å²) in [7, 11) is 0. The van der Waals surface area contributed by atoms with Crippen molar-refractivity contribution in [1.82, 2.24) is 30.2 Å². The van der Waals surface area contributed by atoms with Gasteiger partial charge in [-0.05, 0) is 42.0 Å². The van der Waals surface area contributed by atoms with Crippen molar-refractivity contribution in [2.45, 2.75) is 19.8 Å². The summed E-state index contributed by atoms with van der Waals surface area (Å²) in [6.45, 7) is 2.45. The van der Waals surface area contributed by atoms with Crippen molar-refractivity contribution in [3.05, 3.63) is 72.7 Å². The maximum atomic E-state index is 12.7. The highest BCUT2D eigenvalue weighted by Gasteiger charge is 2.13. The number of aromatic amines is 2. The lowest BCUT2D eigenvalue weighted by atomic mass is 10.0. The molecule has 9 heteroatoms. The number of hydrogen-bond donors (Lipinski definition) is 4. The normalized spacial score (nSPS) is 12.0. The van der Waals surface area contributed by atoms with Gasteiger partial charge in [0, 0.05) is 42.5 Å². The van der Waals surface area contributed by atoms with E-state index in [-0.39, 0.29) is 17.7 Å². The molecule has 2 aromatic carbocycles. The molecular weight excluding hydrogens is 442 g/mol. The van der Waals surface area contributed by atoms with Crippen LogP contribution in [0.5, 0.6) is 0 Å². The van der Waals surface area contributed by atoms with Crippen LogP contribution in [0.3, 0.4) is 0 Å². The van der Waals surface area contributed by atoms with E-state index >= 15 is 0 Å². The quantitative estimate of drug-likeness (QED) is 0.271. The van der Waals surface area contributed by atoms with Gasteiger partial charge in [-0.1, -0.05) is 31.2 Å². The lowest BCUT2D eigenvalue weighted by Crippen LogP contribution is -2.26. The van der Waals surface area contributed by atoms with E-state index in [1.54, 1.807) is 24.5 Å². The summed E-state index contributed by atoms with van der Waals surface area (Å²) in [5.74, 6) is 0.922. The molecule has 0 spiro atoms. The third-order valence-corrected chi connectivity index (χ3v) is 5.83. The number of hydrogen-bond acceptors (Lipinski definition) is 5. The van der Waals surface area contributed by atoms with Gasteiger partial charge in [0.15, 0.2) is 5.82 Å². The number of H-pyrrole nitrogens is 2. The standard InChI is InChI=1S/C26H25N7O2/c1-16(12-23(34)33-26-28-10-11-29-26)8-9-27-25(35)18-6-7-20-21(14-18)32-24(31-20)22-13-17-4-2-3-5-19(17)15-30-22/h2-7,10-11,13-16H,8-9,12H2,1H3,(H,27,35)(H,31,32)(H2,28,29,33,34). The van der Waals surface area contributed by atoms with Crippen molar-refractivity contribution in [3.63, 3.8) is 0 Å². The Morgan fingerprint density at radius 1 is 1.06 bits per heavy atom. The summed E-state index contributed by atoms with van der Waals surface area (Å²) >= 11 is 0. The SMILES string of the molecule is CC(CCNC(=O)c1ccc2nc(-c3cc4ccccc4cn3)[nH]c2c1)CC(=O)Nc1ncc[nH]1.